The van der Waals surface area contributed by atoms with E-state index in [4.69, 9.17) is 10.5 Å². The number of nitrogens with zero attached hydrogens (tertiary/aromatic N) is 3. The van der Waals surface area contributed by atoms with E-state index in [1.54, 1.807) is 47.6 Å². The molecule has 2 heterocycles. The van der Waals surface area contributed by atoms with Gasteiger partial charge in [0.1, 0.15) is 6.10 Å². The molecule has 5 N–H and O–H groups in total. The van der Waals surface area contributed by atoms with E-state index >= 15 is 0 Å². The summed E-state index contributed by atoms with van der Waals surface area (Å²) in [6.07, 6.45) is 5.75. The third-order valence-corrected chi connectivity index (χ3v) is 8.20. The van der Waals surface area contributed by atoms with Gasteiger partial charge in [-0.25, -0.2) is 0 Å². The number of hydrogen-bond acceptors (Lipinski definition) is 8. The number of carbonyl (C=O) groups is 3. The van der Waals surface area contributed by atoms with Crippen LogP contribution in [0.1, 0.15) is 61.9 Å². The number of likely N-dealkylation sites (N-methyl/N-ethyl adjacent to an activating group) is 1. The van der Waals surface area contributed by atoms with Crippen LogP contribution in [0.5, 0.6) is 5.75 Å². The molecule has 46 heavy (non-hydrogen) atoms. The van der Waals surface area contributed by atoms with Gasteiger partial charge in [-0.3, -0.25) is 24.3 Å². The number of carbonyl (C=O) groups excluding carboxylic acids is 3. The van der Waals surface area contributed by atoms with Gasteiger partial charge < -0.3 is 31.1 Å². The number of ether oxygens (including phenoxy) is 1. The number of para-hydroxylation sites is 3. The first-order valence-electron chi connectivity index (χ1n) is 15.9. The van der Waals surface area contributed by atoms with E-state index in [0.717, 1.165) is 5.56 Å². The molecule has 0 unspecified atom stereocenters. The topological polar surface area (TPSA) is 150 Å². The first-order valence-corrected chi connectivity index (χ1v) is 15.9. The fraction of sp³-hybridized carbons (Fsp3) is 0.429. The molecule has 3 amide bonds. The first kappa shape index (κ1) is 34.4. The van der Waals surface area contributed by atoms with Crippen molar-refractivity contribution in [1.82, 2.24) is 14.8 Å². The maximum Gasteiger partial charge on any atom is 0.258 e. The zero-order valence-corrected chi connectivity index (χ0v) is 26.9. The van der Waals surface area contributed by atoms with Gasteiger partial charge in [-0.15, -0.1) is 0 Å². The number of hydrogen-bond donors (Lipinski definition) is 4. The molecular weight excluding hydrogens is 584 g/mol. The van der Waals surface area contributed by atoms with Gasteiger partial charge in [-0.2, -0.15) is 0 Å². The predicted molar refractivity (Wildman–Crippen MR) is 179 cm³/mol. The third kappa shape index (κ3) is 9.51. The van der Waals surface area contributed by atoms with Crippen LogP contribution >= 0.6 is 0 Å². The van der Waals surface area contributed by atoms with Gasteiger partial charge in [0.15, 0.2) is 5.75 Å². The van der Waals surface area contributed by atoms with E-state index in [9.17, 15) is 19.5 Å². The number of nitrogens with two attached hydrogens (primary N) is 1. The fourth-order valence-electron chi connectivity index (χ4n) is 5.52. The van der Waals surface area contributed by atoms with E-state index in [0.29, 0.717) is 73.7 Å². The van der Waals surface area contributed by atoms with Gasteiger partial charge in [0.05, 0.1) is 35.3 Å². The number of fused-ring (bicyclic) bond motifs is 1. The molecule has 1 aliphatic heterocycles. The SMILES string of the molecule is C[C@@H]1CN([C@@H](C)CO)C(=O)c2cccc(NC(=O)CCCCCC(=O)Nc3ccccc3N)c2O[C@H]1CN(C)Cc1ccncc1. The molecule has 2 aromatic carbocycles. The first-order chi connectivity index (χ1) is 22.2. The van der Waals surface area contributed by atoms with Gasteiger partial charge in [-0.05, 0) is 68.8 Å². The van der Waals surface area contributed by atoms with Crippen molar-refractivity contribution in [3.63, 3.8) is 0 Å². The van der Waals surface area contributed by atoms with Gasteiger partial charge in [-0.1, -0.05) is 31.5 Å². The fourth-order valence-corrected chi connectivity index (χ4v) is 5.52. The molecule has 0 spiro atoms. The highest BCUT2D eigenvalue weighted by atomic mass is 16.5. The second kappa shape index (κ2) is 16.7. The van der Waals surface area contributed by atoms with Gasteiger partial charge in [0.2, 0.25) is 11.8 Å². The monoisotopic (exact) mass is 630 g/mol. The standard InChI is InChI=1S/C35H46N6O5/c1-24-20-41(25(2)23-42)35(45)27-10-9-13-30(34(27)46-31(24)22-40(3)21-26-16-18-37-19-17-26)39-33(44)15-6-4-5-14-32(43)38-29-12-8-7-11-28(29)36/h7-13,16-19,24-25,31,42H,4-6,14-15,20-23,36H2,1-3H3,(H,38,43)(H,39,44)/t24-,25+,31+/m1/s1. The van der Waals surface area contributed by atoms with Crippen LogP contribution in [0.4, 0.5) is 17.1 Å². The van der Waals surface area contributed by atoms with Crippen molar-refractivity contribution in [2.24, 2.45) is 5.92 Å². The maximum atomic E-state index is 13.7. The molecule has 1 aliphatic rings. The minimum atomic E-state index is -0.388. The van der Waals surface area contributed by atoms with E-state index in [-0.39, 0.29) is 48.8 Å². The zero-order valence-electron chi connectivity index (χ0n) is 26.9. The van der Waals surface area contributed by atoms with Crippen LogP contribution in [0.2, 0.25) is 0 Å². The normalized spacial score (nSPS) is 17.0. The lowest BCUT2D eigenvalue weighted by Crippen LogP contribution is -2.49. The lowest BCUT2D eigenvalue weighted by molar-refractivity contribution is -0.116. The summed E-state index contributed by atoms with van der Waals surface area (Å²) >= 11 is 0. The number of aliphatic hydroxyl groups excluding tert-OH is 1. The van der Waals surface area contributed by atoms with E-state index < -0.39 is 0 Å². The molecule has 0 fully saturated rings. The number of aliphatic hydroxyl groups is 1. The third-order valence-electron chi connectivity index (χ3n) is 8.20. The van der Waals surface area contributed by atoms with E-state index in [2.05, 4.69) is 20.5 Å². The van der Waals surface area contributed by atoms with Crippen LogP contribution in [-0.4, -0.2) is 76.5 Å². The molecule has 0 saturated heterocycles. The summed E-state index contributed by atoms with van der Waals surface area (Å²) in [5.41, 5.74) is 8.90. The second-order valence-corrected chi connectivity index (χ2v) is 12.1. The highest BCUT2D eigenvalue weighted by molar-refractivity contribution is 6.01. The average molecular weight is 631 g/mol. The largest absolute Gasteiger partial charge is 0.486 e. The van der Waals surface area contributed by atoms with Crippen molar-refractivity contribution in [2.75, 3.05) is 43.1 Å². The maximum absolute atomic E-state index is 13.7. The van der Waals surface area contributed by atoms with Gasteiger partial charge in [0.25, 0.3) is 5.91 Å². The van der Waals surface area contributed by atoms with E-state index in [1.807, 2.05) is 45.2 Å². The van der Waals surface area contributed by atoms with E-state index in [1.165, 1.54) is 0 Å². The Labute approximate surface area is 271 Å². The van der Waals surface area contributed by atoms with Crippen molar-refractivity contribution in [3.8, 4) is 5.75 Å². The predicted octanol–water partition coefficient (Wildman–Crippen LogP) is 4.54. The number of anilines is 3. The summed E-state index contributed by atoms with van der Waals surface area (Å²) in [5, 5.41) is 15.7. The summed E-state index contributed by atoms with van der Waals surface area (Å²) in [5.74, 6) is -0.301. The van der Waals surface area contributed by atoms with Crippen molar-refractivity contribution >= 4 is 34.8 Å². The number of amides is 3. The Bertz CT molecular complexity index is 1470. The molecule has 0 bridgehead atoms. The van der Waals surface area contributed by atoms with Crippen LogP contribution in [0.15, 0.2) is 67.0 Å². The number of nitrogens with one attached hydrogen (secondary N) is 2. The Morgan fingerprint density at radius 3 is 2.35 bits per heavy atom. The Balaban J connectivity index is 1.41. The number of rotatable bonds is 14. The quantitative estimate of drug-likeness (QED) is 0.150. The Kier molecular flexibility index (Phi) is 12.5. The minimum Gasteiger partial charge on any atom is -0.486 e. The number of nitrogen functional groups attached to an aromatic ring is 1. The van der Waals surface area contributed by atoms with Gasteiger partial charge >= 0.3 is 0 Å². The summed E-state index contributed by atoms with van der Waals surface area (Å²) in [6.45, 7) is 5.38. The minimum absolute atomic E-state index is 0.0646. The summed E-state index contributed by atoms with van der Waals surface area (Å²) in [7, 11) is 2.02. The molecule has 1 aromatic heterocycles. The molecule has 4 rings (SSSR count). The molecule has 0 saturated carbocycles. The van der Waals surface area contributed by atoms with Crippen LogP contribution in [0.3, 0.4) is 0 Å². The molecule has 0 aliphatic carbocycles. The average Bonchev–Trinajstić information content (AvgIpc) is 3.04. The Morgan fingerprint density at radius 2 is 1.67 bits per heavy atom. The number of benzene rings is 2. The smallest absolute Gasteiger partial charge is 0.258 e. The molecule has 11 heteroatoms. The molecule has 0 radical (unpaired) electrons. The number of pyridine rings is 1. The highest BCUT2D eigenvalue weighted by Gasteiger charge is 2.34. The van der Waals surface area contributed by atoms with Gasteiger partial charge in [0, 0.05) is 50.8 Å². The lowest BCUT2D eigenvalue weighted by Gasteiger charge is -2.38. The molecule has 3 aromatic rings. The number of aromatic nitrogens is 1. The number of unbranched alkanes of at least 4 members (excludes halogenated alkanes) is 2. The zero-order chi connectivity index (χ0) is 33.1. The van der Waals surface area contributed by atoms with Crippen LogP contribution in [0.25, 0.3) is 0 Å². The molecule has 246 valence electrons. The summed E-state index contributed by atoms with van der Waals surface area (Å²) in [6, 6.07) is 15.8. The summed E-state index contributed by atoms with van der Waals surface area (Å²) in [4.78, 5) is 47.0. The van der Waals surface area contributed by atoms with Crippen molar-refractivity contribution in [1.29, 1.82) is 0 Å². The Hall–Kier alpha value is -4.48. The molecule has 11 nitrogen and oxygen atoms in total. The molecular formula is C35H46N6O5. The van der Waals surface area contributed by atoms with Crippen LogP contribution < -0.4 is 21.1 Å². The summed E-state index contributed by atoms with van der Waals surface area (Å²) < 4.78 is 6.62. The van der Waals surface area contributed by atoms with Crippen LogP contribution in [0, 0.1) is 5.92 Å². The lowest BCUT2D eigenvalue weighted by atomic mass is 9.98. The van der Waals surface area contributed by atoms with Crippen LogP contribution in [-0.2, 0) is 16.1 Å². The Morgan fingerprint density at radius 1 is 1.02 bits per heavy atom. The van der Waals surface area contributed by atoms with Crippen molar-refractivity contribution < 1.29 is 24.2 Å². The molecule has 3 atom stereocenters. The van der Waals surface area contributed by atoms with Crippen molar-refractivity contribution in [3.05, 3.63) is 78.1 Å². The second-order valence-electron chi connectivity index (χ2n) is 12.1. The highest BCUT2D eigenvalue weighted by Crippen LogP contribution is 2.35. The van der Waals surface area contributed by atoms with Crippen molar-refractivity contribution in [2.45, 2.75) is 64.6 Å².